The van der Waals surface area contributed by atoms with Crippen molar-refractivity contribution in [2.45, 2.75) is 45.1 Å². The molecule has 0 aromatic rings. The molecule has 1 saturated carbocycles. The van der Waals surface area contributed by atoms with Gasteiger partial charge in [-0.25, -0.2) is 4.79 Å². The van der Waals surface area contributed by atoms with E-state index in [0.29, 0.717) is 31.1 Å². The van der Waals surface area contributed by atoms with E-state index in [4.69, 9.17) is 4.74 Å². The number of aliphatic imine (C=N–C) groups is 1. The highest BCUT2D eigenvalue weighted by atomic mass is 16.5. The molecule has 8 nitrogen and oxygen atoms in total. The minimum Gasteiger partial charge on any atom is -0.378 e. The molecular formula is C17H31N5O3. The molecular weight excluding hydrogens is 322 g/mol. The molecule has 0 bridgehead atoms. The highest BCUT2D eigenvalue weighted by molar-refractivity contribution is 6.01. The molecule has 1 atom stereocenters. The van der Waals surface area contributed by atoms with E-state index in [0.717, 1.165) is 19.6 Å². The highest BCUT2D eigenvalue weighted by Gasteiger charge is 2.28. The van der Waals surface area contributed by atoms with Crippen molar-refractivity contribution in [3.05, 3.63) is 0 Å². The summed E-state index contributed by atoms with van der Waals surface area (Å²) in [6.45, 7) is 4.47. The Morgan fingerprint density at radius 2 is 2.04 bits per heavy atom. The monoisotopic (exact) mass is 353 g/mol. The van der Waals surface area contributed by atoms with Crippen LogP contribution >= 0.6 is 0 Å². The Balaban J connectivity index is 1.67. The second kappa shape index (κ2) is 10.2. The molecule has 25 heavy (non-hydrogen) atoms. The number of imide groups is 1. The van der Waals surface area contributed by atoms with Gasteiger partial charge in [0.05, 0.1) is 12.6 Å². The Hall–Kier alpha value is -1.83. The third-order valence-corrected chi connectivity index (χ3v) is 4.82. The topological polar surface area (TPSA) is 95.1 Å². The smallest absolute Gasteiger partial charge is 0.324 e. The summed E-state index contributed by atoms with van der Waals surface area (Å²) in [4.78, 5) is 28.4. The number of hydrogen-bond donors (Lipinski definition) is 3. The summed E-state index contributed by atoms with van der Waals surface area (Å²) < 4.78 is 5.92. The summed E-state index contributed by atoms with van der Waals surface area (Å²) in [6, 6.07) is -0.328. The van der Waals surface area contributed by atoms with Crippen LogP contribution < -0.4 is 16.0 Å². The number of nitrogens with one attached hydrogen (secondary N) is 3. The fraction of sp³-hybridized carbons (Fsp3) is 0.824. The van der Waals surface area contributed by atoms with Crippen LogP contribution in [0.5, 0.6) is 0 Å². The van der Waals surface area contributed by atoms with Gasteiger partial charge in [0.2, 0.25) is 5.91 Å². The minimum absolute atomic E-state index is 0.0891. The summed E-state index contributed by atoms with van der Waals surface area (Å²) in [5, 5.41) is 8.93. The van der Waals surface area contributed by atoms with Crippen molar-refractivity contribution in [2.24, 2.45) is 10.9 Å². The maximum Gasteiger partial charge on any atom is 0.324 e. The normalized spacial score (nSPS) is 20.1. The largest absolute Gasteiger partial charge is 0.378 e. The lowest BCUT2D eigenvalue weighted by atomic mass is 9.98. The predicted molar refractivity (Wildman–Crippen MR) is 96.5 cm³/mol. The van der Waals surface area contributed by atoms with E-state index in [2.05, 4.69) is 20.9 Å². The average Bonchev–Trinajstić information content (AvgIpc) is 3.24. The molecule has 1 aliphatic heterocycles. The van der Waals surface area contributed by atoms with Crippen molar-refractivity contribution in [3.63, 3.8) is 0 Å². The molecule has 142 valence electrons. The Morgan fingerprint density at radius 1 is 1.32 bits per heavy atom. The Kier molecular flexibility index (Phi) is 7.97. The van der Waals surface area contributed by atoms with Crippen LogP contribution in [0.3, 0.4) is 0 Å². The van der Waals surface area contributed by atoms with Crippen molar-refractivity contribution < 1.29 is 14.3 Å². The average molecular weight is 353 g/mol. The Bertz CT molecular complexity index is 461. The van der Waals surface area contributed by atoms with Crippen LogP contribution in [-0.4, -0.2) is 68.7 Å². The van der Waals surface area contributed by atoms with E-state index in [-0.39, 0.29) is 18.5 Å². The number of guanidine groups is 1. The number of nitrogens with zero attached hydrogens (tertiary/aromatic N) is 2. The molecule has 0 spiro atoms. The number of carbonyl (C=O) groups excluding carboxylic acids is 2. The summed E-state index contributed by atoms with van der Waals surface area (Å²) in [5.41, 5.74) is 0. The molecule has 3 amide bonds. The van der Waals surface area contributed by atoms with Gasteiger partial charge < -0.3 is 20.7 Å². The maximum atomic E-state index is 11.5. The Morgan fingerprint density at radius 3 is 2.64 bits per heavy atom. The zero-order valence-corrected chi connectivity index (χ0v) is 15.3. The van der Waals surface area contributed by atoms with E-state index in [1.165, 1.54) is 30.6 Å². The van der Waals surface area contributed by atoms with Gasteiger partial charge in [0.15, 0.2) is 5.96 Å². The van der Waals surface area contributed by atoms with E-state index >= 15 is 0 Å². The van der Waals surface area contributed by atoms with Crippen LogP contribution in [0.25, 0.3) is 0 Å². The van der Waals surface area contributed by atoms with Crippen LogP contribution in [-0.2, 0) is 9.53 Å². The van der Waals surface area contributed by atoms with Crippen LogP contribution in [0, 0.1) is 5.92 Å². The SMILES string of the molecule is CCOC(CCNC(=NC)NCCN1C(=O)CNC1=O)C1CCCC1. The molecule has 0 radical (unpaired) electrons. The van der Waals surface area contributed by atoms with Gasteiger partial charge in [0, 0.05) is 33.3 Å². The van der Waals surface area contributed by atoms with Gasteiger partial charge in [0.1, 0.15) is 0 Å². The van der Waals surface area contributed by atoms with Crippen molar-refractivity contribution in [2.75, 3.05) is 39.8 Å². The van der Waals surface area contributed by atoms with Gasteiger partial charge in [0.25, 0.3) is 0 Å². The lowest BCUT2D eigenvalue weighted by Crippen LogP contribution is -2.44. The van der Waals surface area contributed by atoms with Crippen LogP contribution in [0.4, 0.5) is 4.79 Å². The number of carbonyl (C=O) groups is 2. The van der Waals surface area contributed by atoms with Crippen molar-refractivity contribution in [1.82, 2.24) is 20.9 Å². The zero-order chi connectivity index (χ0) is 18.1. The minimum atomic E-state index is -0.328. The van der Waals surface area contributed by atoms with E-state index < -0.39 is 0 Å². The second-order valence-electron chi connectivity index (χ2n) is 6.46. The predicted octanol–water partition coefficient (Wildman–Crippen LogP) is 0.689. The summed E-state index contributed by atoms with van der Waals surface area (Å²) in [6.07, 6.45) is 6.42. The number of urea groups is 1. The lowest BCUT2D eigenvalue weighted by molar-refractivity contribution is -0.124. The molecule has 2 aliphatic rings. The summed E-state index contributed by atoms with van der Waals surface area (Å²) in [7, 11) is 1.71. The van der Waals surface area contributed by atoms with E-state index in [9.17, 15) is 9.59 Å². The lowest BCUT2D eigenvalue weighted by Gasteiger charge is -2.24. The summed E-state index contributed by atoms with van der Waals surface area (Å²) in [5.74, 6) is 1.16. The standard InChI is InChI=1S/C17H31N5O3/c1-3-25-14(13-6-4-5-7-13)8-9-19-16(18-2)20-10-11-22-15(23)12-21-17(22)24/h13-14H,3-12H2,1-2H3,(H,21,24)(H2,18,19,20). The fourth-order valence-electron chi connectivity index (χ4n) is 3.52. The van der Waals surface area contributed by atoms with E-state index in [1.54, 1.807) is 7.05 Å². The van der Waals surface area contributed by atoms with Gasteiger partial charge in [-0.2, -0.15) is 0 Å². The molecule has 1 heterocycles. The first-order chi connectivity index (χ1) is 12.2. The van der Waals surface area contributed by atoms with Gasteiger partial charge in [-0.15, -0.1) is 0 Å². The van der Waals surface area contributed by atoms with Gasteiger partial charge in [-0.1, -0.05) is 12.8 Å². The molecule has 1 aliphatic carbocycles. The number of amides is 3. The van der Waals surface area contributed by atoms with Crippen molar-refractivity contribution >= 4 is 17.9 Å². The third-order valence-electron chi connectivity index (χ3n) is 4.82. The molecule has 2 fully saturated rings. The van der Waals surface area contributed by atoms with Gasteiger partial charge in [-0.3, -0.25) is 14.7 Å². The first-order valence-electron chi connectivity index (χ1n) is 9.30. The molecule has 1 saturated heterocycles. The molecule has 8 heteroatoms. The van der Waals surface area contributed by atoms with Crippen LogP contribution in [0.15, 0.2) is 4.99 Å². The Labute approximate surface area is 149 Å². The van der Waals surface area contributed by atoms with Gasteiger partial charge >= 0.3 is 6.03 Å². The quantitative estimate of drug-likeness (QED) is 0.322. The summed E-state index contributed by atoms with van der Waals surface area (Å²) >= 11 is 0. The zero-order valence-electron chi connectivity index (χ0n) is 15.3. The number of rotatable bonds is 9. The van der Waals surface area contributed by atoms with E-state index in [1.807, 2.05) is 6.92 Å². The first kappa shape index (κ1) is 19.5. The maximum absolute atomic E-state index is 11.5. The molecule has 0 aromatic carbocycles. The fourth-order valence-corrected chi connectivity index (χ4v) is 3.52. The molecule has 3 N–H and O–H groups in total. The number of ether oxygens (including phenoxy) is 1. The van der Waals surface area contributed by atoms with Crippen molar-refractivity contribution in [3.8, 4) is 0 Å². The first-order valence-corrected chi connectivity index (χ1v) is 9.30. The van der Waals surface area contributed by atoms with Crippen LogP contribution in [0.2, 0.25) is 0 Å². The molecule has 0 aromatic heterocycles. The van der Waals surface area contributed by atoms with Crippen LogP contribution in [0.1, 0.15) is 39.0 Å². The molecule has 1 unspecified atom stereocenters. The highest BCUT2D eigenvalue weighted by Crippen LogP contribution is 2.30. The van der Waals surface area contributed by atoms with Crippen molar-refractivity contribution in [1.29, 1.82) is 0 Å². The van der Waals surface area contributed by atoms with Gasteiger partial charge in [-0.05, 0) is 32.1 Å². The second-order valence-corrected chi connectivity index (χ2v) is 6.46. The molecule has 2 rings (SSSR count). The number of hydrogen-bond acceptors (Lipinski definition) is 4. The third kappa shape index (κ3) is 5.88.